The average molecular weight is 419 g/mol. The summed E-state index contributed by atoms with van der Waals surface area (Å²) in [7, 11) is 3.40. The fraction of sp³-hybridized carbons (Fsp3) is 0.591. The van der Waals surface area contributed by atoms with Crippen LogP contribution in [0.5, 0.6) is 0 Å². The highest BCUT2D eigenvalue weighted by atomic mass is 32.2. The smallest absolute Gasteiger partial charge is 0.339 e. The van der Waals surface area contributed by atoms with E-state index in [9.17, 15) is 14.4 Å². The van der Waals surface area contributed by atoms with E-state index in [4.69, 9.17) is 4.74 Å². The Balaban J connectivity index is 1.58. The Labute approximate surface area is 176 Å². The fourth-order valence-corrected chi connectivity index (χ4v) is 5.27. The highest BCUT2D eigenvalue weighted by molar-refractivity contribution is 8.00. The minimum absolute atomic E-state index is 0.0273. The summed E-state index contributed by atoms with van der Waals surface area (Å²) in [6.07, 6.45) is 6.91. The molecule has 158 valence electrons. The number of benzene rings is 1. The van der Waals surface area contributed by atoms with E-state index in [2.05, 4.69) is 0 Å². The quantitative estimate of drug-likeness (QED) is 0.524. The Bertz CT molecular complexity index is 750. The van der Waals surface area contributed by atoms with Gasteiger partial charge in [0.25, 0.3) is 5.91 Å². The van der Waals surface area contributed by atoms with Crippen LogP contribution in [0.3, 0.4) is 0 Å². The average Bonchev–Trinajstić information content (AvgIpc) is 2.75. The lowest BCUT2D eigenvalue weighted by Crippen LogP contribution is -2.50. The molecule has 1 aliphatic carbocycles. The van der Waals surface area contributed by atoms with E-state index in [0.29, 0.717) is 22.4 Å². The molecule has 1 aromatic rings. The second kappa shape index (κ2) is 10.1. The first-order valence-corrected chi connectivity index (χ1v) is 11.3. The van der Waals surface area contributed by atoms with E-state index in [1.54, 1.807) is 32.3 Å². The van der Waals surface area contributed by atoms with Gasteiger partial charge >= 0.3 is 5.97 Å². The third-order valence-electron chi connectivity index (χ3n) is 5.85. The van der Waals surface area contributed by atoms with E-state index >= 15 is 0 Å². The Morgan fingerprint density at radius 1 is 1.10 bits per heavy atom. The van der Waals surface area contributed by atoms with Crippen LogP contribution in [0.15, 0.2) is 29.2 Å². The first-order chi connectivity index (χ1) is 14.0. The molecule has 0 bridgehead atoms. The van der Waals surface area contributed by atoms with Gasteiger partial charge in [-0.3, -0.25) is 9.59 Å². The van der Waals surface area contributed by atoms with Crippen molar-refractivity contribution in [2.75, 3.05) is 33.0 Å². The zero-order valence-corrected chi connectivity index (χ0v) is 18.1. The number of thioether (sulfide) groups is 1. The monoisotopic (exact) mass is 418 g/mol. The van der Waals surface area contributed by atoms with Crippen molar-refractivity contribution < 1.29 is 19.1 Å². The second-order valence-electron chi connectivity index (χ2n) is 7.99. The van der Waals surface area contributed by atoms with Crippen molar-refractivity contribution in [3.8, 4) is 0 Å². The summed E-state index contributed by atoms with van der Waals surface area (Å²) in [4.78, 5) is 41.4. The van der Waals surface area contributed by atoms with Gasteiger partial charge in [-0.05, 0) is 43.7 Å². The van der Waals surface area contributed by atoms with E-state index in [0.717, 1.165) is 19.4 Å². The summed E-state index contributed by atoms with van der Waals surface area (Å²) in [6.45, 7) is 0.536. The number of rotatable bonds is 6. The van der Waals surface area contributed by atoms with Gasteiger partial charge in [-0.25, -0.2) is 4.79 Å². The van der Waals surface area contributed by atoms with Crippen LogP contribution < -0.4 is 0 Å². The van der Waals surface area contributed by atoms with Crippen molar-refractivity contribution in [3.05, 3.63) is 29.8 Å². The molecule has 0 spiro atoms. The third-order valence-corrected chi connectivity index (χ3v) is 6.91. The fourth-order valence-electron chi connectivity index (χ4n) is 4.25. The molecule has 0 N–H and O–H groups in total. The molecule has 29 heavy (non-hydrogen) atoms. The van der Waals surface area contributed by atoms with E-state index in [-0.39, 0.29) is 24.2 Å². The van der Waals surface area contributed by atoms with Crippen molar-refractivity contribution in [3.63, 3.8) is 0 Å². The summed E-state index contributed by atoms with van der Waals surface area (Å²) in [5.41, 5.74) is 0.394. The van der Waals surface area contributed by atoms with E-state index in [1.165, 1.54) is 42.3 Å². The maximum Gasteiger partial charge on any atom is 0.339 e. The van der Waals surface area contributed by atoms with Crippen LogP contribution in [0.4, 0.5) is 0 Å². The van der Waals surface area contributed by atoms with Crippen LogP contribution >= 0.6 is 11.8 Å². The molecular formula is C22H30N2O4S. The van der Waals surface area contributed by atoms with Gasteiger partial charge in [0, 0.05) is 31.6 Å². The van der Waals surface area contributed by atoms with Crippen LogP contribution in [0, 0.1) is 5.92 Å². The topological polar surface area (TPSA) is 66.9 Å². The summed E-state index contributed by atoms with van der Waals surface area (Å²) >= 11 is 1.30. The maximum absolute atomic E-state index is 12.8. The number of amides is 2. The number of carbonyl (C=O) groups is 3. The largest absolute Gasteiger partial charge is 0.452 e. The summed E-state index contributed by atoms with van der Waals surface area (Å²) in [6, 6.07) is 7.36. The highest BCUT2D eigenvalue weighted by Crippen LogP contribution is 2.35. The number of esters is 1. The molecular weight excluding hydrogens is 388 g/mol. The Hall–Kier alpha value is -2.02. The molecule has 1 saturated heterocycles. The van der Waals surface area contributed by atoms with Crippen LogP contribution in [0.1, 0.15) is 48.9 Å². The Morgan fingerprint density at radius 2 is 1.83 bits per heavy atom. The second-order valence-corrected chi connectivity index (χ2v) is 9.01. The van der Waals surface area contributed by atoms with Crippen molar-refractivity contribution in [2.24, 2.45) is 5.92 Å². The van der Waals surface area contributed by atoms with Crippen LogP contribution in [0.2, 0.25) is 0 Å². The first kappa shape index (κ1) is 21.7. The molecule has 2 amide bonds. The zero-order valence-electron chi connectivity index (χ0n) is 17.3. The number of fused-ring (bicyclic) bond motifs is 1. The van der Waals surface area contributed by atoms with Crippen molar-refractivity contribution in [1.82, 2.24) is 9.80 Å². The number of ether oxygens (including phenoxy) is 1. The van der Waals surface area contributed by atoms with Crippen LogP contribution in [-0.4, -0.2) is 66.6 Å². The Morgan fingerprint density at radius 3 is 2.62 bits per heavy atom. The van der Waals surface area contributed by atoms with Crippen molar-refractivity contribution in [2.45, 2.75) is 49.5 Å². The third kappa shape index (κ3) is 5.53. The van der Waals surface area contributed by atoms with Gasteiger partial charge < -0.3 is 14.5 Å². The molecule has 0 aromatic heterocycles. The van der Waals surface area contributed by atoms with Gasteiger partial charge in [0.15, 0.2) is 6.61 Å². The summed E-state index contributed by atoms with van der Waals surface area (Å²) in [5.74, 6) is 0.204. The lowest BCUT2D eigenvalue weighted by atomic mass is 9.78. The lowest BCUT2D eigenvalue weighted by Gasteiger charge is -2.44. The number of hydrogen-bond donors (Lipinski definition) is 0. The molecule has 1 saturated carbocycles. The van der Waals surface area contributed by atoms with Gasteiger partial charge in [-0.2, -0.15) is 0 Å². The molecule has 0 unspecified atom stereocenters. The molecule has 1 heterocycles. The Kier molecular flexibility index (Phi) is 7.58. The molecule has 2 fully saturated rings. The van der Waals surface area contributed by atoms with Crippen LogP contribution in [0.25, 0.3) is 0 Å². The zero-order chi connectivity index (χ0) is 20.8. The van der Waals surface area contributed by atoms with Gasteiger partial charge in [0.05, 0.1) is 11.3 Å². The molecule has 2 atom stereocenters. The predicted octanol–water partition coefficient (Wildman–Crippen LogP) is 3.20. The molecule has 6 nitrogen and oxygen atoms in total. The highest BCUT2D eigenvalue weighted by Gasteiger charge is 2.35. The minimum Gasteiger partial charge on any atom is -0.452 e. The molecule has 7 heteroatoms. The van der Waals surface area contributed by atoms with Crippen LogP contribution in [-0.2, 0) is 14.3 Å². The first-order valence-electron chi connectivity index (χ1n) is 10.4. The van der Waals surface area contributed by atoms with E-state index in [1.807, 2.05) is 11.0 Å². The molecule has 1 aromatic carbocycles. The number of carbonyl (C=O) groups excluding carboxylic acids is 3. The lowest BCUT2D eigenvalue weighted by molar-refractivity contribution is -0.140. The van der Waals surface area contributed by atoms with Gasteiger partial charge in [0.2, 0.25) is 5.91 Å². The molecule has 2 aliphatic rings. The number of likely N-dealkylation sites (tertiary alicyclic amines) is 1. The molecule has 1 aliphatic heterocycles. The van der Waals surface area contributed by atoms with Gasteiger partial charge in [0.1, 0.15) is 0 Å². The molecule has 0 radical (unpaired) electrons. The van der Waals surface area contributed by atoms with Gasteiger partial charge in [-0.15, -0.1) is 11.8 Å². The number of hydrogen-bond acceptors (Lipinski definition) is 5. The van der Waals surface area contributed by atoms with E-state index < -0.39 is 5.97 Å². The maximum atomic E-state index is 12.8. The summed E-state index contributed by atoms with van der Waals surface area (Å²) < 4.78 is 5.38. The predicted molar refractivity (Wildman–Crippen MR) is 113 cm³/mol. The standard InChI is InChI=1S/C22H30N2O4S/c1-23(2)21(26)15-29-19-12-6-4-10-17(19)22(27)28-14-20(25)24-13-7-9-16-8-3-5-11-18(16)24/h4,6,10,12,16,18H,3,5,7-9,11,13-15H2,1-2H3/t16-,18-/m1/s1. The van der Waals surface area contributed by atoms with Crippen molar-refractivity contribution >= 4 is 29.5 Å². The SMILES string of the molecule is CN(C)C(=O)CSc1ccccc1C(=O)OCC(=O)N1CCC[C@H]2CCCC[C@H]21. The number of nitrogens with zero attached hydrogens (tertiary/aromatic N) is 2. The normalized spacial score (nSPS) is 21.2. The van der Waals surface area contributed by atoms with Crippen molar-refractivity contribution in [1.29, 1.82) is 0 Å². The van der Waals surface area contributed by atoms with Gasteiger partial charge in [-0.1, -0.05) is 25.0 Å². The molecule has 3 rings (SSSR count). The number of piperidine rings is 1. The minimum atomic E-state index is -0.518. The summed E-state index contributed by atoms with van der Waals surface area (Å²) in [5, 5.41) is 0.